The van der Waals surface area contributed by atoms with Gasteiger partial charge in [0.2, 0.25) is 0 Å². The molecule has 7 heteroatoms. The van der Waals surface area contributed by atoms with Crippen molar-refractivity contribution in [1.82, 2.24) is 20.2 Å². The van der Waals surface area contributed by atoms with Gasteiger partial charge in [-0.3, -0.25) is 4.79 Å². The number of fused-ring (bicyclic) bond motifs is 2. The van der Waals surface area contributed by atoms with Crippen LogP contribution < -0.4 is 5.32 Å². The first-order valence-corrected chi connectivity index (χ1v) is 12.9. The van der Waals surface area contributed by atoms with Crippen molar-refractivity contribution in [1.29, 1.82) is 0 Å². The molecule has 0 radical (unpaired) electrons. The number of carbonyl (C=O) groups excluding carboxylic acids is 1. The Morgan fingerprint density at radius 2 is 2.12 bits per heavy atom. The maximum Gasteiger partial charge on any atom is 0.254 e. The van der Waals surface area contributed by atoms with E-state index in [1.165, 1.54) is 10.4 Å². The number of nitrogens with zero attached hydrogens (tertiary/aromatic N) is 3. The van der Waals surface area contributed by atoms with E-state index in [9.17, 15) is 4.79 Å². The van der Waals surface area contributed by atoms with E-state index >= 15 is 0 Å². The van der Waals surface area contributed by atoms with Crippen molar-refractivity contribution in [3.05, 3.63) is 45.2 Å². The number of carbonyl (C=O) groups is 1. The molecule has 1 N–H and O–H groups in total. The molecule has 1 saturated heterocycles. The van der Waals surface area contributed by atoms with Gasteiger partial charge in [0.15, 0.2) is 0 Å². The number of rotatable bonds is 5. The fourth-order valence-electron chi connectivity index (χ4n) is 5.66. The van der Waals surface area contributed by atoms with Gasteiger partial charge in [-0.15, -0.1) is 11.3 Å². The highest BCUT2D eigenvalue weighted by Gasteiger charge is 2.45. The lowest BCUT2D eigenvalue weighted by Gasteiger charge is -2.49. The Bertz CT molecular complexity index is 969. The zero-order valence-electron chi connectivity index (χ0n) is 19.4. The lowest BCUT2D eigenvalue weighted by molar-refractivity contribution is -0.114. The van der Waals surface area contributed by atoms with Gasteiger partial charge in [0, 0.05) is 53.7 Å². The van der Waals surface area contributed by atoms with E-state index in [1.54, 1.807) is 17.3 Å². The van der Waals surface area contributed by atoms with Crippen LogP contribution in [0.15, 0.2) is 18.5 Å². The molecule has 0 bridgehead atoms. The van der Waals surface area contributed by atoms with Crippen molar-refractivity contribution < 1.29 is 9.53 Å². The van der Waals surface area contributed by atoms with Gasteiger partial charge in [-0.2, -0.15) is 0 Å². The molecular formula is C25H34N4O2S. The molecule has 1 aliphatic carbocycles. The first kappa shape index (κ1) is 22.0. The van der Waals surface area contributed by atoms with Crippen LogP contribution in [0.3, 0.4) is 0 Å². The van der Waals surface area contributed by atoms with Crippen LogP contribution in [-0.2, 0) is 23.2 Å². The summed E-state index contributed by atoms with van der Waals surface area (Å²) in [7, 11) is 0. The number of nitrogens with one attached hydrogen (secondary N) is 1. The highest BCUT2D eigenvalue weighted by atomic mass is 32.1. The summed E-state index contributed by atoms with van der Waals surface area (Å²) in [6.07, 6.45) is 9.68. The highest BCUT2D eigenvalue weighted by molar-refractivity contribution is 7.12. The standard InChI is InChI=1S/C25H34N4O2S/c1-4-21-11-22-23(32-21)5-8-31-25(22)6-7-29(16(2)12-25)15-18-9-20(10-18)28-24(30)19-13-26-17(3)27-14-19/h11,13-14,16,18,20H,4-10,12,15H2,1-3H3,(H,28,30)/t16-,18-,20+,25+/m0/s1. The Labute approximate surface area is 194 Å². The van der Waals surface area contributed by atoms with E-state index in [2.05, 4.69) is 40.1 Å². The Balaban J connectivity index is 1.13. The number of ether oxygens (including phenoxy) is 1. The van der Waals surface area contributed by atoms with Gasteiger partial charge in [-0.1, -0.05) is 6.92 Å². The predicted octanol–water partition coefficient (Wildman–Crippen LogP) is 3.87. The van der Waals surface area contributed by atoms with Crippen LogP contribution >= 0.6 is 11.3 Å². The van der Waals surface area contributed by atoms with Crippen molar-refractivity contribution in [2.75, 3.05) is 19.7 Å². The first-order chi connectivity index (χ1) is 15.5. The summed E-state index contributed by atoms with van der Waals surface area (Å²) in [5.41, 5.74) is 1.96. The molecule has 0 aromatic carbocycles. The summed E-state index contributed by atoms with van der Waals surface area (Å²) in [6.45, 7) is 9.50. The minimum Gasteiger partial charge on any atom is -0.370 e. The molecule has 2 atom stereocenters. The maximum atomic E-state index is 12.4. The quantitative estimate of drug-likeness (QED) is 0.743. The van der Waals surface area contributed by atoms with Gasteiger partial charge in [0.1, 0.15) is 5.82 Å². The third kappa shape index (κ3) is 4.22. The number of amides is 1. The van der Waals surface area contributed by atoms with Gasteiger partial charge >= 0.3 is 0 Å². The number of aromatic nitrogens is 2. The Hall–Kier alpha value is -1.83. The zero-order chi connectivity index (χ0) is 22.3. The molecule has 32 heavy (non-hydrogen) atoms. The van der Waals surface area contributed by atoms with Gasteiger partial charge in [-0.05, 0) is 63.5 Å². The van der Waals surface area contributed by atoms with E-state index in [1.807, 2.05) is 18.3 Å². The van der Waals surface area contributed by atoms with Crippen molar-refractivity contribution >= 4 is 17.2 Å². The second-order valence-corrected chi connectivity index (χ2v) is 11.0. The molecule has 1 spiro atoms. The van der Waals surface area contributed by atoms with Gasteiger partial charge in [-0.25, -0.2) is 9.97 Å². The third-order valence-corrected chi connectivity index (χ3v) is 8.90. The van der Waals surface area contributed by atoms with E-state index in [0.29, 0.717) is 23.3 Å². The van der Waals surface area contributed by atoms with Crippen LogP contribution in [0, 0.1) is 12.8 Å². The number of hydrogen-bond acceptors (Lipinski definition) is 6. The van der Waals surface area contributed by atoms with Crippen molar-refractivity contribution in [2.45, 2.75) is 77.0 Å². The van der Waals surface area contributed by atoms with Crippen LogP contribution in [0.1, 0.15) is 71.0 Å². The molecule has 3 aliphatic rings. The molecule has 2 fully saturated rings. The smallest absolute Gasteiger partial charge is 0.254 e. The molecule has 4 heterocycles. The number of likely N-dealkylation sites (tertiary alicyclic amines) is 1. The van der Waals surface area contributed by atoms with Crippen LogP contribution in [-0.4, -0.2) is 52.6 Å². The minimum atomic E-state index is -0.0698. The molecule has 2 aromatic heterocycles. The van der Waals surface area contributed by atoms with Crippen LogP contribution in [0.2, 0.25) is 0 Å². The Morgan fingerprint density at radius 1 is 1.34 bits per heavy atom. The fraction of sp³-hybridized carbons (Fsp3) is 0.640. The molecule has 172 valence electrons. The molecule has 5 rings (SSSR count). The average Bonchev–Trinajstić information content (AvgIpc) is 3.19. The largest absolute Gasteiger partial charge is 0.370 e. The van der Waals surface area contributed by atoms with E-state index in [-0.39, 0.29) is 17.6 Å². The molecular weight excluding hydrogens is 420 g/mol. The van der Waals surface area contributed by atoms with Crippen molar-refractivity contribution in [3.8, 4) is 0 Å². The average molecular weight is 455 g/mol. The number of piperidine rings is 1. The molecule has 2 aromatic rings. The molecule has 0 unspecified atom stereocenters. The fourth-order valence-corrected chi connectivity index (χ4v) is 6.84. The summed E-state index contributed by atoms with van der Waals surface area (Å²) in [6, 6.07) is 3.21. The second-order valence-electron chi connectivity index (χ2n) is 9.82. The van der Waals surface area contributed by atoms with Crippen molar-refractivity contribution in [3.63, 3.8) is 0 Å². The molecule has 1 amide bonds. The summed E-state index contributed by atoms with van der Waals surface area (Å²) in [5, 5.41) is 3.14. The highest BCUT2D eigenvalue weighted by Crippen LogP contribution is 2.46. The van der Waals surface area contributed by atoms with Crippen molar-refractivity contribution in [2.24, 2.45) is 5.92 Å². The summed E-state index contributed by atoms with van der Waals surface area (Å²) >= 11 is 2.00. The normalized spacial score (nSPS) is 30.0. The van der Waals surface area contributed by atoms with Gasteiger partial charge in [0.05, 0.1) is 17.8 Å². The first-order valence-electron chi connectivity index (χ1n) is 12.1. The number of aryl methyl sites for hydroxylation is 2. The lowest BCUT2D eigenvalue weighted by Crippen LogP contribution is -2.54. The monoisotopic (exact) mass is 454 g/mol. The van der Waals surface area contributed by atoms with Gasteiger partial charge in [0.25, 0.3) is 5.91 Å². The summed E-state index contributed by atoms with van der Waals surface area (Å²) in [5.74, 6) is 1.28. The van der Waals surface area contributed by atoms with Crippen LogP contribution in [0.4, 0.5) is 0 Å². The summed E-state index contributed by atoms with van der Waals surface area (Å²) < 4.78 is 6.49. The molecule has 6 nitrogen and oxygen atoms in total. The Morgan fingerprint density at radius 3 is 2.84 bits per heavy atom. The zero-order valence-corrected chi connectivity index (χ0v) is 20.2. The number of hydrogen-bond donors (Lipinski definition) is 1. The predicted molar refractivity (Wildman–Crippen MR) is 126 cm³/mol. The maximum absolute atomic E-state index is 12.4. The second kappa shape index (κ2) is 8.84. The van der Waals surface area contributed by atoms with E-state index < -0.39 is 0 Å². The van der Waals surface area contributed by atoms with E-state index in [0.717, 1.165) is 58.2 Å². The van der Waals surface area contributed by atoms with E-state index in [4.69, 9.17) is 4.74 Å². The van der Waals surface area contributed by atoms with Crippen LogP contribution in [0.5, 0.6) is 0 Å². The minimum absolute atomic E-state index is 0.0609. The topological polar surface area (TPSA) is 67.3 Å². The van der Waals surface area contributed by atoms with Gasteiger partial charge < -0.3 is 15.0 Å². The third-order valence-electron chi connectivity index (χ3n) is 7.56. The SMILES string of the molecule is CCc1cc2c(s1)CCO[C@@]21CCN(C[C@H]2C[C@@H](NC(=O)c3cnc(C)nc3)C2)[C@@H](C)C1. The summed E-state index contributed by atoms with van der Waals surface area (Å²) in [4.78, 5) is 26.3. The molecule has 1 saturated carbocycles. The lowest BCUT2D eigenvalue weighted by atomic mass is 9.76. The molecule has 2 aliphatic heterocycles. The van der Waals surface area contributed by atoms with Crippen LogP contribution in [0.25, 0.3) is 0 Å². The number of thiophene rings is 1. The Kier molecular flexibility index (Phi) is 6.07.